The quantitative estimate of drug-likeness (QED) is 0.660. The molecule has 0 atom stereocenters. The van der Waals surface area contributed by atoms with Crippen molar-refractivity contribution in [3.8, 4) is 11.5 Å². The molecular formula is C22H25NO3. The van der Waals surface area contributed by atoms with E-state index in [1.807, 2.05) is 36.4 Å². The molecule has 4 bridgehead atoms. The van der Waals surface area contributed by atoms with Crippen LogP contribution in [0.2, 0.25) is 0 Å². The lowest BCUT2D eigenvalue weighted by atomic mass is 9.54. The maximum absolute atomic E-state index is 12.3. The van der Waals surface area contributed by atoms with Gasteiger partial charge < -0.3 is 14.8 Å². The molecule has 1 aromatic carbocycles. The zero-order chi connectivity index (χ0) is 17.5. The highest BCUT2D eigenvalue weighted by Gasteiger charge is 2.48. The maximum Gasteiger partial charge on any atom is 0.244 e. The molecule has 4 fully saturated rings. The van der Waals surface area contributed by atoms with Gasteiger partial charge in [-0.1, -0.05) is 24.3 Å². The van der Waals surface area contributed by atoms with Crippen molar-refractivity contribution in [2.45, 2.75) is 38.1 Å². The summed E-state index contributed by atoms with van der Waals surface area (Å²) in [5, 5.41) is 3.30. The summed E-state index contributed by atoms with van der Waals surface area (Å²) in [6.45, 7) is 0.285. The molecule has 136 valence electrons. The van der Waals surface area contributed by atoms with E-state index >= 15 is 0 Å². The second-order valence-corrected chi connectivity index (χ2v) is 8.30. The first-order valence-corrected chi connectivity index (χ1v) is 9.79. The van der Waals surface area contributed by atoms with Crippen LogP contribution in [0.3, 0.4) is 0 Å². The van der Waals surface area contributed by atoms with Crippen LogP contribution in [0.1, 0.15) is 37.7 Å². The highest BCUT2D eigenvalue weighted by atomic mass is 16.7. The highest BCUT2D eigenvalue weighted by molar-refractivity contribution is 5.88. The van der Waals surface area contributed by atoms with Crippen LogP contribution in [0.4, 0.5) is 0 Å². The summed E-state index contributed by atoms with van der Waals surface area (Å²) in [5.41, 5.74) is 1.03. The van der Waals surface area contributed by atoms with Gasteiger partial charge in [0.1, 0.15) is 0 Å². The van der Waals surface area contributed by atoms with Crippen LogP contribution in [0, 0.1) is 23.7 Å². The van der Waals surface area contributed by atoms with Gasteiger partial charge in [-0.25, -0.2) is 0 Å². The van der Waals surface area contributed by atoms with E-state index in [9.17, 15) is 4.79 Å². The molecule has 1 amide bonds. The van der Waals surface area contributed by atoms with Crippen molar-refractivity contribution in [1.29, 1.82) is 0 Å². The minimum Gasteiger partial charge on any atom is -0.454 e. The number of benzene rings is 1. The second kappa shape index (κ2) is 6.49. The van der Waals surface area contributed by atoms with Crippen molar-refractivity contribution in [3.05, 3.63) is 42.0 Å². The average Bonchev–Trinajstić information content (AvgIpc) is 3.09. The molecule has 4 aliphatic carbocycles. The highest BCUT2D eigenvalue weighted by Crippen LogP contribution is 2.53. The summed E-state index contributed by atoms with van der Waals surface area (Å²) in [6.07, 6.45) is 14.1. The van der Waals surface area contributed by atoms with Crippen molar-refractivity contribution in [2.24, 2.45) is 23.7 Å². The molecule has 0 radical (unpaired) electrons. The number of allylic oxidation sites excluding steroid dienone is 2. The molecule has 0 spiro atoms. The van der Waals surface area contributed by atoms with Crippen LogP contribution >= 0.6 is 0 Å². The van der Waals surface area contributed by atoms with Gasteiger partial charge in [0, 0.05) is 12.1 Å². The first-order chi connectivity index (χ1) is 12.7. The largest absolute Gasteiger partial charge is 0.454 e. The molecule has 6 rings (SSSR count). The van der Waals surface area contributed by atoms with Crippen molar-refractivity contribution < 1.29 is 14.3 Å². The molecule has 26 heavy (non-hydrogen) atoms. The molecule has 4 nitrogen and oxygen atoms in total. The standard InChI is InChI=1S/C22H25NO3/c24-21(23-22-17-8-15-7-16(10-17)11-18(22)9-15)4-2-1-3-14-5-6-19-20(12-14)26-13-25-19/h1-6,12,15-18,22H,7-11,13H2,(H,23,24)/b3-1+,4-2+. The van der Waals surface area contributed by atoms with Crippen LogP contribution in [-0.2, 0) is 4.79 Å². The van der Waals surface area contributed by atoms with E-state index in [2.05, 4.69) is 5.32 Å². The summed E-state index contributed by atoms with van der Waals surface area (Å²) in [5.74, 6) is 4.90. The monoisotopic (exact) mass is 351 g/mol. The van der Waals surface area contributed by atoms with E-state index < -0.39 is 0 Å². The Bertz CT molecular complexity index is 739. The maximum atomic E-state index is 12.3. The Morgan fingerprint density at radius 2 is 1.69 bits per heavy atom. The fraction of sp³-hybridized carbons (Fsp3) is 0.500. The Morgan fingerprint density at radius 3 is 2.46 bits per heavy atom. The van der Waals surface area contributed by atoms with E-state index in [4.69, 9.17) is 9.47 Å². The van der Waals surface area contributed by atoms with Gasteiger partial charge in [0.05, 0.1) is 0 Å². The van der Waals surface area contributed by atoms with Crippen LogP contribution in [0.25, 0.3) is 6.08 Å². The number of carbonyl (C=O) groups is 1. The molecule has 1 heterocycles. The number of hydrogen-bond donors (Lipinski definition) is 1. The second-order valence-electron chi connectivity index (χ2n) is 8.30. The van der Waals surface area contributed by atoms with Gasteiger partial charge in [0.25, 0.3) is 0 Å². The molecule has 1 N–H and O–H groups in total. The molecule has 0 saturated heterocycles. The number of amides is 1. The van der Waals surface area contributed by atoms with Crippen molar-refractivity contribution in [2.75, 3.05) is 6.79 Å². The van der Waals surface area contributed by atoms with E-state index in [1.54, 1.807) is 6.08 Å². The van der Waals surface area contributed by atoms with Gasteiger partial charge in [-0.2, -0.15) is 0 Å². The Morgan fingerprint density at radius 1 is 0.962 bits per heavy atom. The minimum atomic E-state index is 0.0396. The van der Waals surface area contributed by atoms with Gasteiger partial charge in [0.15, 0.2) is 11.5 Å². The lowest BCUT2D eigenvalue weighted by Gasteiger charge is -2.54. The normalized spacial score (nSPS) is 34.1. The summed E-state index contributed by atoms with van der Waals surface area (Å²) in [4.78, 5) is 12.3. The lowest BCUT2D eigenvalue weighted by molar-refractivity contribution is -0.120. The topological polar surface area (TPSA) is 47.6 Å². The molecule has 4 heteroatoms. The van der Waals surface area contributed by atoms with Crippen LogP contribution in [0.15, 0.2) is 36.4 Å². The number of carbonyl (C=O) groups excluding carboxylic acids is 1. The zero-order valence-corrected chi connectivity index (χ0v) is 14.9. The number of nitrogens with one attached hydrogen (secondary N) is 1. The number of fused-ring (bicyclic) bond motifs is 1. The first-order valence-electron chi connectivity index (χ1n) is 9.79. The average molecular weight is 351 g/mol. The summed E-state index contributed by atoms with van der Waals surface area (Å²) < 4.78 is 10.7. The molecular weight excluding hydrogens is 326 g/mol. The van der Waals surface area contributed by atoms with E-state index in [0.29, 0.717) is 17.9 Å². The SMILES string of the molecule is O=C(/C=C/C=C/c1ccc2c(c1)OCO2)NC1C2CC3CC(C2)CC1C3. The van der Waals surface area contributed by atoms with Gasteiger partial charge in [-0.3, -0.25) is 4.79 Å². The molecule has 4 saturated carbocycles. The molecule has 1 aromatic rings. The fourth-order valence-electron chi connectivity index (χ4n) is 5.70. The smallest absolute Gasteiger partial charge is 0.244 e. The number of hydrogen-bond acceptors (Lipinski definition) is 3. The minimum absolute atomic E-state index is 0.0396. The number of rotatable bonds is 4. The van der Waals surface area contributed by atoms with E-state index in [-0.39, 0.29) is 12.7 Å². The van der Waals surface area contributed by atoms with Crippen LogP contribution in [0.5, 0.6) is 11.5 Å². The Labute approximate surface area is 154 Å². The summed E-state index contributed by atoms with van der Waals surface area (Å²) in [6, 6.07) is 6.23. The Hall–Kier alpha value is -2.23. The van der Waals surface area contributed by atoms with E-state index in [1.165, 1.54) is 32.1 Å². The first kappa shape index (κ1) is 16.0. The van der Waals surface area contributed by atoms with Gasteiger partial charge in [-0.15, -0.1) is 0 Å². The fourth-order valence-corrected chi connectivity index (χ4v) is 5.70. The van der Waals surface area contributed by atoms with Crippen molar-refractivity contribution >= 4 is 12.0 Å². The van der Waals surface area contributed by atoms with Crippen LogP contribution < -0.4 is 14.8 Å². The third-order valence-electron chi connectivity index (χ3n) is 6.58. The van der Waals surface area contributed by atoms with Gasteiger partial charge in [0.2, 0.25) is 12.7 Å². The van der Waals surface area contributed by atoms with Crippen molar-refractivity contribution in [1.82, 2.24) is 5.32 Å². The Balaban J connectivity index is 1.17. The lowest BCUT2D eigenvalue weighted by Crippen LogP contribution is -2.55. The molecule has 5 aliphatic rings. The molecule has 0 aromatic heterocycles. The van der Waals surface area contributed by atoms with E-state index in [0.717, 1.165) is 28.9 Å². The van der Waals surface area contributed by atoms with Gasteiger partial charge in [-0.05, 0) is 73.5 Å². The van der Waals surface area contributed by atoms with Crippen molar-refractivity contribution in [3.63, 3.8) is 0 Å². The third-order valence-corrected chi connectivity index (χ3v) is 6.58. The van der Waals surface area contributed by atoms with Crippen LogP contribution in [-0.4, -0.2) is 18.7 Å². The van der Waals surface area contributed by atoms with Gasteiger partial charge >= 0.3 is 0 Å². The Kier molecular flexibility index (Phi) is 3.99. The molecule has 0 unspecified atom stereocenters. The zero-order valence-electron chi connectivity index (χ0n) is 14.9. The summed E-state index contributed by atoms with van der Waals surface area (Å²) in [7, 11) is 0. The predicted octanol–water partition coefficient (Wildman–Crippen LogP) is 3.93. The predicted molar refractivity (Wildman–Crippen MR) is 99.7 cm³/mol. The number of ether oxygens (including phenoxy) is 2. The third kappa shape index (κ3) is 3.02. The molecule has 1 aliphatic heterocycles. The summed E-state index contributed by atoms with van der Waals surface area (Å²) >= 11 is 0.